The predicted molar refractivity (Wildman–Crippen MR) is 65.8 cm³/mol. The standard InChI is InChI=1S/C13H16N2O/c1-3-11-5-4-6-12(9-11)15-13(16)10(2)7-8-14/h1,4-6,9-10H,7-8,14H2,2H3,(H,15,16). The van der Waals surface area contributed by atoms with Gasteiger partial charge in [0.05, 0.1) is 0 Å². The zero-order valence-electron chi connectivity index (χ0n) is 9.36. The van der Waals surface area contributed by atoms with Gasteiger partial charge in [-0.1, -0.05) is 18.9 Å². The molecule has 0 fully saturated rings. The van der Waals surface area contributed by atoms with Crippen LogP contribution in [0.3, 0.4) is 0 Å². The van der Waals surface area contributed by atoms with E-state index >= 15 is 0 Å². The van der Waals surface area contributed by atoms with Crippen molar-refractivity contribution >= 4 is 11.6 Å². The maximum atomic E-state index is 11.7. The minimum atomic E-state index is -0.0838. The lowest BCUT2D eigenvalue weighted by Crippen LogP contribution is -2.22. The first-order valence-corrected chi connectivity index (χ1v) is 5.25. The number of benzene rings is 1. The third-order valence-corrected chi connectivity index (χ3v) is 2.34. The highest BCUT2D eigenvalue weighted by Crippen LogP contribution is 2.12. The van der Waals surface area contributed by atoms with Crippen LogP contribution in [0.25, 0.3) is 0 Å². The Hall–Kier alpha value is -1.79. The van der Waals surface area contributed by atoms with Gasteiger partial charge in [-0.25, -0.2) is 0 Å². The van der Waals surface area contributed by atoms with Gasteiger partial charge in [-0.3, -0.25) is 4.79 Å². The molecule has 0 bridgehead atoms. The number of rotatable bonds is 4. The average Bonchev–Trinajstić information content (AvgIpc) is 2.29. The Morgan fingerprint density at radius 2 is 2.38 bits per heavy atom. The number of carbonyl (C=O) groups is 1. The molecular formula is C13H16N2O. The summed E-state index contributed by atoms with van der Waals surface area (Å²) in [4.78, 5) is 11.7. The van der Waals surface area contributed by atoms with Gasteiger partial charge in [0.25, 0.3) is 0 Å². The van der Waals surface area contributed by atoms with Crippen molar-refractivity contribution in [1.29, 1.82) is 0 Å². The molecule has 1 aromatic rings. The molecule has 1 amide bonds. The Morgan fingerprint density at radius 3 is 3.00 bits per heavy atom. The highest BCUT2D eigenvalue weighted by molar-refractivity contribution is 5.92. The van der Waals surface area contributed by atoms with Crippen molar-refractivity contribution in [2.75, 3.05) is 11.9 Å². The molecular weight excluding hydrogens is 200 g/mol. The quantitative estimate of drug-likeness (QED) is 0.751. The number of terminal acetylenes is 1. The molecule has 1 unspecified atom stereocenters. The maximum absolute atomic E-state index is 11.7. The molecule has 0 aliphatic rings. The van der Waals surface area contributed by atoms with Crippen LogP contribution < -0.4 is 11.1 Å². The fraction of sp³-hybridized carbons (Fsp3) is 0.308. The summed E-state index contributed by atoms with van der Waals surface area (Å²) in [5, 5.41) is 2.81. The third-order valence-electron chi connectivity index (χ3n) is 2.34. The Morgan fingerprint density at radius 1 is 1.62 bits per heavy atom. The smallest absolute Gasteiger partial charge is 0.227 e. The Balaban J connectivity index is 2.66. The van der Waals surface area contributed by atoms with E-state index in [1.165, 1.54) is 0 Å². The minimum absolute atomic E-state index is 0.0281. The van der Waals surface area contributed by atoms with E-state index in [4.69, 9.17) is 12.2 Å². The second-order valence-corrected chi connectivity index (χ2v) is 3.69. The average molecular weight is 216 g/mol. The fourth-order valence-electron chi connectivity index (χ4n) is 1.33. The van der Waals surface area contributed by atoms with Crippen LogP contribution in [0.4, 0.5) is 5.69 Å². The van der Waals surface area contributed by atoms with E-state index in [9.17, 15) is 4.79 Å². The van der Waals surface area contributed by atoms with Crippen LogP contribution in [-0.4, -0.2) is 12.5 Å². The van der Waals surface area contributed by atoms with Crippen LogP contribution >= 0.6 is 0 Å². The molecule has 0 aliphatic heterocycles. The first-order valence-electron chi connectivity index (χ1n) is 5.25. The van der Waals surface area contributed by atoms with Crippen molar-refractivity contribution in [1.82, 2.24) is 0 Å². The number of amides is 1. The predicted octanol–water partition coefficient (Wildman–Crippen LogP) is 1.59. The zero-order chi connectivity index (χ0) is 12.0. The number of hydrogen-bond acceptors (Lipinski definition) is 2. The van der Waals surface area contributed by atoms with Gasteiger partial charge in [-0.05, 0) is 31.2 Å². The van der Waals surface area contributed by atoms with E-state index < -0.39 is 0 Å². The van der Waals surface area contributed by atoms with Gasteiger partial charge < -0.3 is 11.1 Å². The summed E-state index contributed by atoms with van der Waals surface area (Å²) < 4.78 is 0. The van der Waals surface area contributed by atoms with Crippen LogP contribution in [-0.2, 0) is 4.79 Å². The largest absolute Gasteiger partial charge is 0.330 e. The number of nitrogens with one attached hydrogen (secondary N) is 1. The highest BCUT2D eigenvalue weighted by Gasteiger charge is 2.11. The summed E-state index contributed by atoms with van der Waals surface area (Å²) in [5.74, 6) is 2.41. The lowest BCUT2D eigenvalue weighted by Gasteiger charge is -2.11. The van der Waals surface area contributed by atoms with Crippen molar-refractivity contribution in [3.63, 3.8) is 0 Å². The first-order chi connectivity index (χ1) is 7.67. The lowest BCUT2D eigenvalue weighted by molar-refractivity contribution is -0.119. The molecule has 3 nitrogen and oxygen atoms in total. The second kappa shape index (κ2) is 5.94. The molecule has 0 radical (unpaired) electrons. The molecule has 0 aromatic heterocycles. The lowest BCUT2D eigenvalue weighted by atomic mass is 10.1. The Kier molecular flexibility index (Phi) is 4.56. The Bertz CT molecular complexity index is 407. The molecule has 1 aromatic carbocycles. The van der Waals surface area contributed by atoms with E-state index in [0.717, 1.165) is 11.3 Å². The number of carbonyl (C=O) groups excluding carboxylic acids is 1. The number of nitrogens with two attached hydrogens (primary N) is 1. The van der Waals surface area contributed by atoms with Crippen molar-refractivity contribution in [3.8, 4) is 12.3 Å². The summed E-state index contributed by atoms with van der Waals surface area (Å²) >= 11 is 0. The van der Waals surface area contributed by atoms with Crippen LogP contribution in [0.2, 0.25) is 0 Å². The molecule has 3 N–H and O–H groups in total. The highest BCUT2D eigenvalue weighted by atomic mass is 16.1. The topological polar surface area (TPSA) is 55.1 Å². The SMILES string of the molecule is C#Cc1cccc(NC(=O)C(C)CCN)c1. The second-order valence-electron chi connectivity index (χ2n) is 3.69. The summed E-state index contributed by atoms with van der Waals surface area (Å²) in [6, 6.07) is 7.22. The number of hydrogen-bond donors (Lipinski definition) is 2. The van der Waals surface area contributed by atoms with Gasteiger partial charge in [-0.2, -0.15) is 0 Å². The van der Waals surface area contributed by atoms with E-state index in [2.05, 4.69) is 11.2 Å². The molecule has 1 rings (SSSR count). The van der Waals surface area contributed by atoms with Crippen molar-refractivity contribution in [2.45, 2.75) is 13.3 Å². The summed E-state index contributed by atoms with van der Waals surface area (Å²) in [5.41, 5.74) is 6.88. The summed E-state index contributed by atoms with van der Waals surface area (Å²) in [6.45, 7) is 2.37. The van der Waals surface area contributed by atoms with Gasteiger partial charge in [0, 0.05) is 17.2 Å². The number of anilines is 1. The molecule has 0 saturated heterocycles. The molecule has 3 heteroatoms. The molecule has 0 saturated carbocycles. The van der Waals surface area contributed by atoms with Crippen LogP contribution in [0.1, 0.15) is 18.9 Å². The van der Waals surface area contributed by atoms with E-state index in [1.807, 2.05) is 25.1 Å². The van der Waals surface area contributed by atoms with Gasteiger partial charge in [-0.15, -0.1) is 6.42 Å². The molecule has 84 valence electrons. The van der Waals surface area contributed by atoms with E-state index in [1.54, 1.807) is 6.07 Å². The van der Waals surface area contributed by atoms with Crippen LogP contribution in [0.15, 0.2) is 24.3 Å². The third kappa shape index (κ3) is 3.41. The normalized spacial score (nSPS) is 11.6. The maximum Gasteiger partial charge on any atom is 0.227 e. The monoisotopic (exact) mass is 216 g/mol. The van der Waals surface area contributed by atoms with Crippen molar-refractivity contribution in [3.05, 3.63) is 29.8 Å². The van der Waals surface area contributed by atoms with Gasteiger partial charge in [0.15, 0.2) is 0 Å². The molecule has 0 spiro atoms. The fourth-order valence-corrected chi connectivity index (χ4v) is 1.33. The van der Waals surface area contributed by atoms with Crippen LogP contribution in [0, 0.1) is 18.3 Å². The van der Waals surface area contributed by atoms with E-state index in [-0.39, 0.29) is 11.8 Å². The summed E-state index contributed by atoms with van der Waals surface area (Å²) in [7, 11) is 0. The van der Waals surface area contributed by atoms with Gasteiger partial charge >= 0.3 is 0 Å². The van der Waals surface area contributed by atoms with Gasteiger partial charge in [0.1, 0.15) is 0 Å². The minimum Gasteiger partial charge on any atom is -0.330 e. The zero-order valence-corrected chi connectivity index (χ0v) is 9.36. The van der Waals surface area contributed by atoms with Crippen LogP contribution in [0.5, 0.6) is 0 Å². The molecule has 0 heterocycles. The Labute approximate surface area is 96.0 Å². The first kappa shape index (κ1) is 12.3. The van der Waals surface area contributed by atoms with E-state index in [0.29, 0.717) is 13.0 Å². The molecule has 1 atom stereocenters. The van der Waals surface area contributed by atoms with Crippen molar-refractivity contribution < 1.29 is 4.79 Å². The molecule has 16 heavy (non-hydrogen) atoms. The molecule has 0 aliphatic carbocycles. The summed E-state index contributed by atoms with van der Waals surface area (Å²) in [6.07, 6.45) is 5.96. The van der Waals surface area contributed by atoms with Crippen molar-refractivity contribution in [2.24, 2.45) is 11.7 Å². The van der Waals surface area contributed by atoms with Gasteiger partial charge in [0.2, 0.25) is 5.91 Å².